The molecule has 12 nitrogen and oxygen atoms in total. The summed E-state index contributed by atoms with van der Waals surface area (Å²) in [4.78, 5) is 4.16. The van der Waals surface area contributed by atoms with Gasteiger partial charge in [-0.1, -0.05) is 72.6 Å². The zero-order valence-corrected chi connectivity index (χ0v) is 34.6. The maximum atomic E-state index is 11.7. The van der Waals surface area contributed by atoms with E-state index in [-0.39, 0.29) is 18.8 Å². The highest BCUT2D eigenvalue weighted by Gasteiger charge is 2.34. The van der Waals surface area contributed by atoms with Crippen LogP contribution < -0.4 is 9.47 Å². The summed E-state index contributed by atoms with van der Waals surface area (Å²) < 4.78 is 53.7. The smallest absolute Gasteiger partial charge is 0.491 e. The lowest BCUT2D eigenvalue weighted by atomic mass is 9.83. The molecular weight excluding hydrogens is 691 g/mol. The van der Waals surface area contributed by atoms with E-state index >= 15 is 0 Å². The maximum Gasteiger partial charge on any atom is 0.529 e. The van der Waals surface area contributed by atoms with Crippen LogP contribution in [0.2, 0.25) is 0 Å². The molecular formula is C39H71O12P. The van der Waals surface area contributed by atoms with Crippen molar-refractivity contribution in [3.05, 3.63) is 22.3 Å². The fraction of sp³-hybridized carbons (Fsp3) is 0.846. The van der Waals surface area contributed by atoms with Crippen molar-refractivity contribution < 1.29 is 57.4 Å². The summed E-state index contributed by atoms with van der Waals surface area (Å²) in [5.41, 5.74) is 4.57. The van der Waals surface area contributed by atoms with Gasteiger partial charge in [0.05, 0.1) is 53.4 Å². The summed E-state index contributed by atoms with van der Waals surface area (Å²) in [6.07, 6.45) is 12.6. The molecule has 1 aliphatic rings. The van der Waals surface area contributed by atoms with Crippen molar-refractivity contribution in [2.75, 3.05) is 60.0 Å². The number of rotatable bonds is 30. The molecule has 2 N–H and O–H groups in total. The highest BCUT2D eigenvalue weighted by molar-refractivity contribution is 7.48. The van der Waals surface area contributed by atoms with E-state index in [1.807, 2.05) is 0 Å². The van der Waals surface area contributed by atoms with Crippen molar-refractivity contribution in [3.8, 4) is 11.5 Å². The van der Waals surface area contributed by atoms with Crippen LogP contribution in [-0.4, -0.2) is 82.0 Å². The molecule has 0 saturated heterocycles. The number of hydrogen-bond donors (Lipinski definition) is 2. The minimum Gasteiger partial charge on any atom is -0.491 e. The molecule has 0 saturated carbocycles. The predicted molar refractivity (Wildman–Crippen MR) is 202 cm³/mol. The van der Waals surface area contributed by atoms with Gasteiger partial charge in [0.25, 0.3) is 0 Å². The van der Waals surface area contributed by atoms with Gasteiger partial charge in [0, 0.05) is 5.56 Å². The van der Waals surface area contributed by atoms with Crippen LogP contribution in [-0.2, 0) is 44.0 Å². The number of benzene rings is 1. The van der Waals surface area contributed by atoms with Gasteiger partial charge in [0.15, 0.2) is 0 Å². The van der Waals surface area contributed by atoms with Crippen molar-refractivity contribution in [2.45, 2.75) is 138 Å². The van der Waals surface area contributed by atoms with Gasteiger partial charge in [-0.05, 0) is 87.8 Å². The molecule has 0 radical (unpaired) electrons. The summed E-state index contributed by atoms with van der Waals surface area (Å²) in [5.74, 6) is 4.41. The Bertz CT molecular complexity index is 1180. The second kappa shape index (κ2) is 25.0. The molecule has 2 rings (SSSR count). The van der Waals surface area contributed by atoms with Gasteiger partial charge in [0.2, 0.25) is 0 Å². The van der Waals surface area contributed by atoms with Crippen LogP contribution in [0.15, 0.2) is 0 Å². The highest BCUT2D eigenvalue weighted by atomic mass is 31.2. The molecule has 0 fully saturated rings. The number of phosphoric acid groups is 1. The first kappa shape index (κ1) is 46.8. The monoisotopic (exact) mass is 762 g/mol. The Morgan fingerprint density at radius 2 is 1.37 bits per heavy atom. The molecule has 52 heavy (non-hydrogen) atoms. The SMILES string of the molecule is COOP(=O)(OO)OCC(O)COCCOCCOCCOc1c(C)c(C)c2c(c1C)CC[C@@](C)(CCC[C@H](C)CCC[C@H](C)CCCC(C)C)O2. The first-order chi connectivity index (χ1) is 24.7. The number of aliphatic hydroxyl groups excluding tert-OH is 1. The normalized spacial score (nSPS) is 18.8. The molecule has 1 aromatic rings. The van der Waals surface area contributed by atoms with Crippen molar-refractivity contribution >= 4 is 7.82 Å². The Hall–Kier alpha value is -1.31. The van der Waals surface area contributed by atoms with Gasteiger partial charge in [-0.25, -0.2) is 14.7 Å². The molecule has 0 amide bonds. The van der Waals surface area contributed by atoms with Crippen molar-refractivity contribution in [1.82, 2.24) is 0 Å². The Labute approximate surface area is 313 Å². The summed E-state index contributed by atoms with van der Waals surface area (Å²) in [5, 5.41) is 18.4. The van der Waals surface area contributed by atoms with E-state index in [4.69, 9.17) is 28.9 Å². The predicted octanol–water partition coefficient (Wildman–Crippen LogP) is 9.12. The summed E-state index contributed by atoms with van der Waals surface area (Å²) in [6.45, 7) is 19.8. The lowest BCUT2D eigenvalue weighted by molar-refractivity contribution is -0.247. The number of fused-ring (bicyclic) bond motifs is 1. The number of aliphatic hydroxyl groups is 1. The zero-order chi connectivity index (χ0) is 38.6. The Morgan fingerprint density at radius 3 is 1.96 bits per heavy atom. The molecule has 0 bridgehead atoms. The molecule has 5 atom stereocenters. The molecule has 2 unspecified atom stereocenters. The Morgan fingerprint density at radius 1 is 0.788 bits per heavy atom. The van der Waals surface area contributed by atoms with Gasteiger partial charge in [-0.15, -0.1) is 9.35 Å². The molecule has 1 aromatic carbocycles. The zero-order valence-electron chi connectivity index (χ0n) is 33.7. The van der Waals surface area contributed by atoms with Crippen LogP contribution in [0.4, 0.5) is 0 Å². The molecule has 13 heteroatoms. The third kappa shape index (κ3) is 17.4. The highest BCUT2D eigenvalue weighted by Crippen LogP contribution is 2.48. The van der Waals surface area contributed by atoms with Crippen LogP contribution >= 0.6 is 7.82 Å². The Kier molecular flexibility index (Phi) is 22.5. The third-order valence-electron chi connectivity index (χ3n) is 10.1. The minimum atomic E-state index is -4.30. The fourth-order valence-corrected chi connectivity index (χ4v) is 7.37. The first-order valence-electron chi connectivity index (χ1n) is 19.4. The topological polar surface area (TPSA) is 141 Å². The second-order valence-electron chi connectivity index (χ2n) is 15.3. The summed E-state index contributed by atoms with van der Waals surface area (Å²) >= 11 is 0. The number of ether oxygens (including phenoxy) is 5. The van der Waals surface area contributed by atoms with Gasteiger partial charge < -0.3 is 28.8 Å². The molecule has 0 spiro atoms. The number of hydrogen-bond acceptors (Lipinski definition) is 12. The van der Waals surface area contributed by atoms with Crippen molar-refractivity contribution in [3.63, 3.8) is 0 Å². The van der Waals surface area contributed by atoms with Crippen molar-refractivity contribution in [1.29, 1.82) is 0 Å². The van der Waals surface area contributed by atoms with Gasteiger partial charge in [-0.2, -0.15) is 0 Å². The van der Waals surface area contributed by atoms with Gasteiger partial charge in [0.1, 0.15) is 29.8 Å². The quantitative estimate of drug-likeness (QED) is 0.0334. The van der Waals surface area contributed by atoms with E-state index in [1.165, 1.54) is 56.9 Å². The summed E-state index contributed by atoms with van der Waals surface area (Å²) in [7, 11) is -3.24. The van der Waals surface area contributed by atoms with Gasteiger partial charge >= 0.3 is 7.82 Å². The average molecular weight is 763 g/mol. The van der Waals surface area contributed by atoms with E-state index in [9.17, 15) is 9.67 Å². The fourth-order valence-electron chi connectivity index (χ4n) is 6.71. The van der Waals surface area contributed by atoms with Crippen LogP contribution in [0.1, 0.15) is 121 Å². The van der Waals surface area contributed by atoms with E-state index in [2.05, 4.69) is 74.2 Å². The third-order valence-corrected chi connectivity index (χ3v) is 11.1. The van der Waals surface area contributed by atoms with E-state index in [1.54, 1.807) is 0 Å². The first-order valence-corrected chi connectivity index (χ1v) is 20.9. The van der Waals surface area contributed by atoms with Crippen LogP contribution in [0.5, 0.6) is 11.5 Å². The van der Waals surface area contributed by atoms with Gasteiger partial charge in [-0.3, -0.25) is 4.52 Å². The molecule has 0 aliphatic carbocycles. The molecule has 0 aromatic heterocycles. The lowest BCUT2D eigenvalue weighted by Crippen LogP contribution is -2.37. The Balaban J connectivity index is 1.64. The molecule has 1 aliphatic heterocycles. The minimum absolute atomic E-state index is 0.111. The average Bonchev–Trinajstić information content (AvgIpc) is 3.09. The molecule has 304 valence electrons. The second-order valence-corrected chi connectivity index (χ2v) is 16.8. The van der Waals surface area contributed by atoms with Crippen LogP contribution in [0, 0.1) is 38.5 Å². The summed E-state index contributed by atoms with van der Waals surface area (Å²) in [6, 6.07) is 0. The largest absolute Gasteiger partial charge is 0.529 e. The van der Waals surface area contributed by atoms with E-state index in [0.717, 1.165) is 72.3 Å². The van der Waals surface area contributed by atoms with E-state index in [0.29, 0.717) is 33.0 Å². The van der Waals surface area contributed by atoms with Crippen LogP contribution in [0.3, 0.4) is 0 Å². The van der Waals surface area contributed by atoms with Crippen molar-refractivity contribution in [2.24, 2.45) is 17.8 Å². The standard InChI is InChI=1S/C39H71O12P/c1-29(2)13-10-14-30(3)15-11-16-31(4)17-12-19-39(8)20-18-36-34(7)37(32(5)33(6)38(36)49-39)47-26-25-45-22-21-44-23-24-46-27-35(40)28-48-52(42,50-41)51-43-9/h29-31,35,40-41H,10-28H2,1-9H3/t30-,31-,35?,39-,52?/m1/s1. The lowest BCUT2D eigenvalue weighted by Gasteiger charge is -2.38. The maximum absolute atomic E-state index is 11.7. The molecule has 1 heterocycles. The van der Waals surface area contributed by atoms with E-state index < -0.39 is 20.5 Å². The van der Waals surface area contributed by atoms with Crippen LogP contribution in [0.25, 0.3) is 0 Å².